The van der Waals surface area contributed by atoms with Gasteiger partial charge in [-0.25, -0.2) is 4.79 Å². The summed E-state index contributed by atoms with van der Waals surface area (Å²) in [6.45, 7) is 3.40. The van der Waals surface area contributed by atoms with Crippen LogP contribution in [0.5, 0.6) is 5.75 Å². The average Bonchev–Trinajstić information content (AvgIpc) is 3.12. The van der Waals surface area contributed by atoms with Crippen molar-refractivity contribution in [3.63, 3.8) is 0 Å². The van der Waals surface area contributed by atoms with Crippen LogP contribution in [0.15, 0.2) is 24.3 Å². The van der Waals surface area contributed by atoms with Crippen LogP contribution in [0.25, 0.3) is 0 Å². The van der Waals surface area contributed by atoms with Crippen LogP contribution in [0.3, 0.4) is 0 Å². The number of piperidine rings is 2. The fourth-order valence-corrected chi connectivity index (χ4v) is 5.44. The molecule has 33 heavy (non-hydrogen) atoms. The quantitative estimate of drug-likeness (QED) is 0.557. The van der Waals surface area contributed by atoms with E-state index in [9.17, 15) is 14.4 Å². The van der Waals surface area contributed by atoms with Crippen molar-refractivity contribution in [1.29, 1.82) is 0 Å². The normalized spacial score (nSPS) is 25.5. The predicted octanol–water partition coefficient (Wildman–Crippen LogP) is 2.32. The van der Waals surface area contributed by atoms with Crippen LogP contribution in [-0.2, 0) is 16.0 Å². The molecule has 3 heterocycles. The summed E-state index contributed by atoms with van der Waals surface area (Å²) in [5, 5.41) is 5.83. The lowest BCUT2D eigenvalue weighted by Gasteiger charge is -2.44. The molecule has 3 aliphatic rings. The van der Waals surface area contributed by atoms with Gasteiger partial charge in [0.2, 0.25) is 5.91 Å². The molecule has 3 atom stereocenters. The summed E-state index contributed by atoms with van der Waals surface area (Å²) in [5.74, 6) is 1.00. The number of methoxy groups -OCH3 is 1. The van der Waals surface area contributed by atoms with Gasteiger partial charge in [0.25, 0.3) is 5.91 Å². The van der Waals surface area contributed by atoms with Crippen LogP contribution in [-0.4, -0.2) is 73.0 Å². The summed E-state index contributed by atoms with van der Waals surface area (Å²) >= 11 is 0. The maximum absolute atomic E-state index is 12.7. The Balaban J connectivity index is 1.19. The number of hydrogen-bond donors (Lipinski definition) is 2. The number of carbonyl (C=O) groups excluding carboxylic acids is 3. The molecule has 8 nitrogen and oxygen atoms in total. The molecule has 8 heteroatoms. The fourth-order valence-electron chi connectivity index (χ4n) is 5.44. The van der Waals surface area contributed by atoms with Crippen molar-refractivity contribution in [2.45, 2.75) is 63.5 Å². The van der Waals surface area contributed by atoms with E-state index in [-0.39, 0.29) is 24.3 Å². The van der Waals surface area contributed by atoms with Gasteiger partial charge in [-0.3, -0.25) is 14.5 Å². The largest absolute Gasteiger partial charge is 0.497 e. The zero-order valence-electron chi connectivity index (χ0n) is 19.6. The average molecular weight is 457 g/mol. The lowest BCUT2D eigenvalue weighted by Crippen LogP contribution is -2.51. The Hall–Kier alpha value is -2.61. The molecule has 0 unspecified atom stereocenters. The monoisotopic (exact) mass is 456 g/mol. The van der Waals surface area contributed by atoms with E-state index in [1.54, 1.807) is 7.11 Å². The highest BCUT2D eigenvalue weighted by Crippen LogP contribution is 2.30. The highest BCUT2D eigenvalue weighted by atomic mass is 16.5. The molecule has 0 spiro atoms. The van der Waals surface area contributed by atoms with Crippen LogP contribution < -0.4 is 15.4 Å². The summed E-state index contributed by atoms with van der Waals surface area (Å²) in [7, 11) is 1.61. The Labute approximate surface area is 196 Å². The molecule has 4 amide bonds. The lowest BCUT2D eigenvalue weighted by atomic mass is 9.83. The first-order valence-corrected chi connectivity index (χ1v) is 12.3. The topological polar surface area (TPSA) is 91.0 Å². The number of carbonyl (C=O) groups is 3. The van der Waals surface area contributed by atoms with Crippen LogP contribution >= 0.6 is 0 Å². The van der Waals surface area contributed by atoms with Gasteiger partial charge < -0.3 is 20.3 Å². The molecule has 0 bridgehead atoms. The zero-order valence-corrected chi connectivity index (χ0v) is 19.6. The van der Waals surface area contributed by atoms with Crippen LogP contribution in [0.2, 0.25) is 0 Å². The Morgan fingerprint density at radius 3 is 2.70 bits per heavy atom. The molecule has 2 N–H and O–H groups in total. The third-order valence-corrected chi connectivity index (χ3v) is 7.34. The third kappa shape index (κ3) is 5.85. The Morgan fingerprint density at radius 1 is 1.12 bits per heavy atom. The SMILES string of the molecule is COc1ccc(CCN2C(=O)N[C@H](CCC(=O)NC[C@H]3CCCN4CCCC[C@@H]34)C2=O)cc1. The van der Waals surface area contributed by atoms with Gasteiger partial charge in [0.1, 0.15) is 11.8 Å². The van der Waals surface area contributed by atoms with E-state index in [4.69, 9.17) is 4.74 Å². The summed E-state index contributed by atoms with van der Waals surface area (Å²) in [5.41, 5.74) is 1.03. The van der Waals surface area contributed by atoms with Crippen molar-refractivity contribution < 1.29 is 19.1 Å². The van der Waals surface area contributed by atoms with Crippen molar-refractivity contribution in [3.05, 3.63) is 29.8 Å². The first-order chi connectivity index (χ1) is 16.0. The molecular formula is C25H36N4O4. The van der Waals surface area contributed by atoms with Gasteiger partial charge in [0, 0.05) is 25.6 Å². The molecule has 180 valence electrons. The number of rotatable bonds is 9. The van der Waals surface area contributed by atoms with Crippen LogP contribution in [0, 0.1) is 5.92 Å². The highest BCUT2D eigenvalue weighted by molar-refractivity contribution is 6.04. The van der Waals surface area contributed by atoms with Gasteiger partial charge >= 0.3 is 6.03 Å². The minimum Gasteiger partial charge on any atom is -0.497 e. The molecule has 0 aromatic heterocycles. The lowest BCUT2D eigenvalue weighted by molar-refractivity contribution is -0.127. The Morgan fingerprint density at radius 2 is 1.91 bits per heavy atom. The summed E-state index contributed by atoms with van der Waals surface area (Å²) in [4.78, 5) is 41.3. The number of nitrogens with zero attached hydrogens (tertiary/aromatic N) is 2. The fraction of sp³-hybridized carbons (Fsp3) is 0.640. The third-order valence-electron chi connectivity index (χ3n) is 7.34. The molecule has 3 fully saturated rings. The van der Waals surface area contributed by atoms with Gasteiger partial charge in [0.15, 0.2) is 0 Å². The second-order valence-electron chi connectivity index (χ2n) is 9.43. The summed E-state index contributed by atoms with van der Waals surface area (Å²) in [6.07, 6.45) is 7.32. The van der Waals surface area contributed by atoms with Crippen molar-refractivity contribution in [1.82, 2.24) is 20.4 Å². The molecule has 1 aromatic carbocycles. The van der Waals surface area contributed by atoms with Crippen molar-refractivity contribution >= 4 is 17.8 Å². The van der Waals surface area contributed by atoms with E-state index in [1.165, 1.54) is 50.1 Å². The Kier molecular flexibility index (Phi) is 7.85. The number of imide groups is 1. The van der Waals surface area contributed by atoms with E-state index in [1.807, 2.05) is 24.3 Å². The number of urea groups is 1. The number of nitrogens with one attached hydrogen (secondary N) is 2. The van der Waals surface area contributed by atoms with Gasteiger partial charge in [-0.15, -0.1) is 0 Å². The number of amides is 4. The highest BCUT2D eigenvalue weighted by Gasteiger charge is 2.38. The molecule has 3 saturated heterocycles. The van der Waals surface area contributed by atoms with E-state index in [0.717, 1.165) is 11.3 Å². The first kappa shape index (κ1) is 23.5. The summed E-state index contributed by atoms with van der Waals surface area (Å²) < 4.78 is 5.15. The minimum atomic E-state index is -0.623. The van der Waals surface area contributed by atoms with Gasteiger partial charge in [-0.2, -0.15) is 0 Å². The van der Waals surface area contributed by atoms with E-state index in [2.05, 4.69) is 15.5 Å². The second-order valence-corrected chi connectivity index (χ2v) is 9.43. The predicted molar refractivity (Wildman–Crippen MR) is 125 cm³/mol. The molecule has 0 radical (unpaired) electrons. The van der Waals surface area contributed by atoms with E-state index >= 15 is 0 Å². The number of fused-ring (bicyclic) bond motifs is 1. The molecule has 1 aromatic rings. The molecular weight excluding hydrogens is 420 g/mol. The van der Waals surface area contributed by atoms with Crippen molar-refractivity contribution in [2.24, 2.45) is 5.92 Å². The van der Waals surface area contributed by atoms with Crippen molar-refractivity contribution in [2.75, 3.05) is 33.3 Å². The van der Waals surface area contributed by atoms with Crippen LogP contribution in [0.4, 0.5) is 4.79 Å². The molecule has 0 saturated carbocycles. The first-order valence-electron chi connectivity index (χ1n) is 12.3. The molecule has 0 aliphatic carbocycles. The maximum atomic E-state index is 12.7. The van der Waals surface area contributed by atoms with Crippen LogP contribution in [0.1, 0.15) is 50.5 Å². The number of hydrogen-bond acceptors (Lipinski definition) is 5. The van der Waals surface area contributed by atoms with Gasteiger partial charge in [-0.1, -0.05) is 18.6 Å². The second kappa shape index (κ2) is 11.0. The molecule has 3 aliphatic heterocycles. The Bertz CT molecular complexity index is 841. The summed E-state index contributed by atoms with van der Waals surface area (Å²) in [6, 6.07) is 7.18. The molecule has 4 rings (SSSR count). The van der Waals surface area contributed by atoms with E-state index < -0.39 is 6.04 Å². The number of benzene rings is 1. The van der Waals surface area contributed by atoms with Gasteiger partial charge in [0.05, 0.1) is 7.11 Å². The van der Waals surface area contributed by atoms with E-state index in [0.29, 0.717) is 37.9 Å². The van der Waals surface area contributed by atoms with Gasteiger partial charge in [-0.05, 0) is 75.2 Å². The minimum absolute atomic E-state index is 0.0401. The standard InChI is InChI=1S/C25H36N4O4/c1-33-20-9-7-18(8-10-20)13-16-29-24(31)21(27-25(29)32)11-12-23(30)26-17-19-5-4-15-28-14-3-2-6-22(19)28/h7-10,19,21-22H,2-6,11-17H2,1H3,(H,26,30)(H,27,32)/t19-,21-,22+/m1/s1. The maximum Gasteiger partial charge on any atom is 0.324 e. The number of ether oxygens (including phenoxy) is 1. The van der Waals surface area contributed by atoms with Crippen molar-refractivity contribution in [3.8, 4) is 5.75 Å². The smallest absolute Gasteiger partial charge is 0.324 e. The zero-order chi connectivity index (χ0) is 23.2.